The quantitative estimate of drug-likeness (QED) is 0.0322. The maximum absolute atomic E-state index is 13.2. The van der Waals surface area contributed by atoms with Crippen LogP contribution in [0.4, 0.5) is 0 Å². The highest BCUT2D eigenvalue weighted by molar-refractivity contribution is 5.77. The first-order chi connectivity index (χ1) is 29.0. The number of nitrogens with one attached hydrogen (secondary N) is 1. The molecule has 6 heteroatoms. The van der Waals surface area contributed by atoms with Crippen molar-refractivity contribution in [3.05, 3.63) is 24.3 Å². The van der Waals surface area contributed by atoms with Gasteiger partial charge in [-0.1, -0.05) is 231 Å². The predicted molar refractivity (Wildman–Crippen MR) is 255 cm³/mol. The van der Waals surface area contributed by atoms with Gasteiger partial charge in [0.25, 0.3) is 0 Å². The minimum absolute atomic E-state index is 0.0812. The van der Waals surface area contributed by atoms with Crippen LogP contribution in [0.2, 0.25) is 0 Å². The van der Waals surface area contributed by atoms with Crippen molar-refractivity contribution < 1.29 is 24.5 Å². The van der Waals surface area contributed by atoms with Gasteiger partial charge in [0.1, 0.15) is 6.10 Å². The van der Waals surface area contributed by atoms with Crippen molar-refractivity contribution in [2.45, 2.75) is 296 Å². The summed E-state index contributed by atoms with van der Waals surface area (Å²) >= 11 is 0. The molecule has 0 aliphatic carbocycles. The Morgan fingerprint density at radius 2 is 0.864 bits per heavy atom. The Bertz CT molecular complexity index is 935. The molecule has 0 radical (unpaired) electrons. The highest BCUT2D eigenvalue weighted by Crippen LogP contribution is 2.18. The number of carbonyl (C=O) groups excluding carboxylic acids is 2. The molecule has 0 heterocycles. The van der Waals surface area contributed by atoms with Gasteiger partial charge in [-0.25, -0.2) is 0 Å². The minimum atomic E-state index is -0.782. The summed E-state index contributed by atoms with van der Waals surface area (Å²) in [5, 5.41) is 23.7. The smallest absolute Gasteiger partial charge is 0.306 e. The molecule has 59 heavy (non-hydrogen) atoms. The third-order valence-electron chi connectivity index (χ3n) is 12.0. The maximum Gasteiger partial charge on any atom is 0.306 e. The largest absolute Gasteiger partial charge is 0.462 e. The molecule has 6 nitrogen and oxygen atoms in total. The third-order valence-corrected chi connectivity index (χ3v) is 12.0. The summed E-state index contributed by atoms with van der Waals surface area (Å²) in [5.74, 6) is -0.466. The van der Waals surface area contributed by atoms with Crippen LogP contribution in [0.1, 0.15) is 278 Å². The molecule has 3 N–H and O–H groups in total. The molecule has 0 saturated heterocycles. The number of esters is 1. The van der Waals surface area contributed by atoms with Gasteiger partial charge in [0.2, 0.25) is 5.91 Å². The van der Waals surface area contributed by atoms with Crippen molar-refractivity contribution in [1.82, 2.24) is 5.32 Å². The lowest BCUT2D eigenvalue weighted by atomic mass is 10.0. The van der Waals surface area contributed by atoms with Crippen LogP contribution in [-0.4, -0.2) is 46.9 Å². The van der Waals surface area contributed by atoms with Gasteiger partial charge in [0.05, 0.1) is 25.2 Å². The van der Waals surface area contributed by atoms with E-state index in [0.29, 0.717) is 19.3 Å². The fourth-order valence-electron chi connectivity index (χ4n) is 8.05. The van der Waals surface area contributed by atoms with Crippen LogP contribution in [0.3, 0.4) is 0 Å². The summed E-state index contributed by atoms with van der Waals surface area (Å²) in [5.41, 5.74) is 0. The number of carbonyl (C=O) groups is 2. The lowest BCUT2D eigenvalue weighted by molar-refractivity contribution is -0.151. The maximum atomic E-state index is 13.2. The van der Waals surface area contributed by atoms with E-state index in [2.05, 4.69) is 50.4 Å². The first-order valence-corrected chi connectivity index (χ1v) is 26.1. The van der Waals surface area contributed by atoms with Crippen LogP contribution in [0.5, 0.6) is 0 Å². The number of hydrogen-bond acceptors (Lipinski definition) is 5. The molecular weight excluding hydrogens is 731 g/mol. The highest BCUT2D eigenvalue weighted by Gasteiger charge is 2.24. The van der Waals surface area contributed by atoms with Crippen molar-refractivity contribution >= 4 is 11.9 Å². The molecule has 0 aromatic heterocycles. The molecule has 348 valence electrons. The number of aliphatic hydroxyl groups excluding tert-OH is 2. The van der Waals surface area contributed by atoms with Crippen LogP contribution >= 0.6 is 0 Å². The summed E-state index contributed by atoms with van der Waals surface area (Å²) in [6.45, 7) is 6.45. The van der Waals surface area contributed by atoms with Crippen LogP contribution in [0, 0.1) is 0 Å². The molecule has 3 unspecified atom stereocenters. The van der Waals surface area contributed by atoms with Crippen LogP contribution < -0.4 is 5.32 Å². The SMILES string of the molecule is CCCCC/C=C\C/C=C\CCCCCCCCCCCC(=O)OC(CCCCCCCCCCCCCC)CC(=O)NC(CO)C(O)CCCCCCCCCCC. The van der Waals surface area contributed by atoms with E-state index in [1.807, 2.05) is 0 Å². The molecule has 0 spiro atoms. The van der Waals surface area contributed by atoms with E-state index >= 15 is 0 Å². The van der Waals surface area contributed by atoms with Crippen molar-refractivity contribution in [1.29, 1.82) is 0 Å². The second-order valence-corrected chi connectivity index (χ2v) is 17.9. The van der Waals surface area contributed by atoms with Gasteiger partial charge in [-0.3, -0.25) is 9.59 Å². The van der Waals surface area contributed by atoms with Crippen LogP contribution in [0.25, 0.3) is 0 Å². The average molecular weight is 832 g/mol. The van der Waals surface area contributed by atoms with Crippen LogP contribution in [-0.2, 0) is 14.3 Å². The summed E-state index contributed by atoms with van der Waals surface area (Å²) in [4.78, 5) is 26.1. The number of hydrogen-bond donors (Lipinski definition) is 3. The van der Waals surface area contributed by atoms with E-state index in [-0.39, 0.29) is 24.9 Å². The van der Waals surface area contributed by atoms with Gasteiger partial charge in [-0.15, -0.1) is 0 Å². The predicted octanol–water partition coefficient (Wildman–Crippen LogP) is 15.5. The van der Waals surface area contributed by atoms with Gasteiger partial charge in [-0.05, 0) is 57.8 Å². The molecule has 3 atom stereocenters. The van der Waals surface area contributed by atoms with E-state index in [0.717, 1.165) is 57.8 Å². The number of allylic oxidation sites excluding steroid dienone is 4. The normalized spacial score (nSPS) is 13.4. The summed E-state index contributed by atoms with van der Waals surface area (Å²) < 4.78 is 5.93. The Kier molecular flexibility index (Phi) is 46.1. The Morgan fingerprint density at radius 1 is 0.492 bits per heavy atom. The van der Waals surface area contributed by atoms with Gasteiger partial charge < -0.3 is 20.3 Å². The van der Waals surface area contributed by atoms with Gasteiger partial charge in [0.15, 0.2) is 0 Å². The third kappa shape index (κ3) is 42.8. The number of ether oxygens (including phenoxy) is 1. The van der Waals surface area contributed by atoms with Crippen molar-refractivity contribution in [2.75, 3.05) is 6.61 Å². The second-order valence-electron chi connectivity index (χ2n) is 17.9. The first kappa shape index (κ1) is 57.3. The second kappa shape index (κ2) is 47.4. The van der Waals surface area contributed by atoms with Crippen molar-refractivity contribution in [3.63, 3.8) is 0 Å². The van der Waals surface area contributed by atoms with E-state index in [1.165, 1.54) is 173 Å². The molecule has 0 bridgehead atoms. The topological polar surface area (TPSA) is 95.9 Å². The summed E-state index contributed by atoms with van der Waals surface area (Å²) in [6.07, 6.45) is 53.8. The van der Waals surface area contributed by atoms with Gasteiger partial charge >= 0.3 is 5.97 Å². The fraction of sp³-hybridized carbons (Fsp3) is 0.887. The molecule has 0 fully saturated rings. The standard InChI is InChI=1S/C53H101NO5/c1-4-7-10-13-16-19-21-23-24-25-26-27-28-29-31-34-37-40-43-46-53(58)59-49(44-41-38-35-33-30-22-20-17-14-11-8-5-2)47-52(57)54-50(48-55)51(56)45-42-39-36-32-18-15-12-9-6-3/h16,19,23-24,49-51,55-56H,4-15,17-18,20-22,25-48H2,1-3H3,(H,54,57)/b19-16-,24-23-. The number of unbranched alkanes of at least 4 members (excludes halogenated alkanes) is 31. The monoisotopic (exact) mass is 832 g/mol. The first-order valence-electron chi connectivity index (χ1n) is 26.1. The molecule has 0 saturated carbocycles. The highest BCUT2D eigenvalue weighted by atomic mass is 16.5. The van der Waals surface area contributed by atoms with Gasteiger partial charge in [0, 0.05) is 6.42 Å². The number of amides is 1. The number of rotatable bonds is 47. The lowest BCUT2D eigenvalue weighted by Gasteiger charge is -2.24. The van der Waals surface area contributed by atoms with Gasteiger partial charge in [-0.2, -0.15) is 0 Å². The molecule has 0 aliphatic heterocycles. The van der Waals surface area contributed by atoms with Crippen molar-refractivity contribution in [2.24, 2.45) is 0 Å². The Balaban J connectivity index is 4.47. The number of aliphatic hydroxyl groups is 2. The zero-order valence-electron chi connectivity index (χ0n) is 39.7. The zero-order chi connectivity index (χ0) is 43.1. The summed E-state index contributed by atoms with van der Waals surface area (Å²) in [7, 11) is 0. The van der Waals surface area contributed by atoms with E-state index in [1.54, 1.807) is 0 Å². The van der Waals surface area contributed by atoms with E-state index in [9.17, 15) is 19.8 Å². The average Bonchev–Trinajstić information content (AvgIpc) is 3.23. The Hall–Kier alpha value is -1.66. The molecular formula is C53H101NO5. The molecule has 0 aliphatic rings. The summed E-state index contributed by atoms with van der Waals surface area (Å²) in [6, 6.07) is -0.695. The van der Waals surface area contributed by atoms with E-state index < -0.39 is 18.2 Å². The molecule has 0 aromatic rings. The Labute approximate surface area is 367 Å². The molecule has 1 amide bonds. The Morgan fingerprint density at radius 3 is 1.32 bits per heavy atom. The fourth-order valence-corrected chi connectivity index (χ4v) is 8.05. The molecule has 0 aromatic carbocycles. The molecule has 0 rings (SSSR count). The minimum Gasteiger partial charge on any atom is -0.462 e. The van der Waals surface area contributed by atoms with E-state index in [4.69, 9.17) is 4.74 Å². The van der Waals surface area contributed by atoms with Crippen molar-refractivity contribution in [3.8, 4) is 0 Å². The zero-order valence-corrected chi connectivity index (χ0v) is 39.7. The lowest BCUT2D eigenvalue weighted by Crippen LogP contribution is -2.46. The van der Waals surface area contributed by atoms with Crippen LogP contribution in [0.15, 0.2) is 24.3 Å².